The first-order valence-electron chi connectivity index (χ1n) is 6.99. The van der Waals surface area contributed by atoms with Crippen LogP contribution in [0, 0.1) is 6.92 Å². The molecule has 0 saturated heterocycles. The van der Waals surface area contributed by atoms with E-state index in [1.54, 1.807) is 18.2 Å². The van der Waals surface area contributed by atoms with Gasteiger partial charge in [-0.2, -0.15) is 0 Å². The smallest absolute Gasteiger partial charge is 0.262 e. The number of aryl methyl sites for hydroxylation is 1. The van der Waals surface area contributed by atoms with Crippen LogP contribution < -0.4 is 5.32 Å². The third-order valence-corrected chi connectivity index (χ3v) is 3.84. The van der Waals surface area contributed by atoms with Gasteiger partial charge in [0, 0.05) is 6.54 Å². The molecule has 1 saturated carbocycles. The summed E-state index contributed by atoms with van der Waals surface area (Å²) in [4.78, 5) is 14.3. The zero-order chi connectivity index (χ0) is 15.0. The predicted molar refractivity (Wildman–Crippen MR) is 78.3 cm³/mol. The number of likely N-dealkylation sites (N-methyl/N-ethyl adjacent to an activating group) is 1. The minimum absolute atomic E-state index is 0.238. The summed E-state index contributed by atoms with van der Waals surface area (Å²) in [5, 5.41) is 2.90. The monoisotopic (exact) mass is 278 g/mol. The lowest BCUT2D eigenvalue weighted by molar-refractivity contribution is -0.133. The fourth-order valence-corrected chi connectivity index (χ4v) is 2.51. The van der Waals surface area contributed by atoms with Gasteiger partial charge in [0.05, 0.1) is 5.54 Å². The molecule has 0 radical (unpaired) electrons. The molecule has 0 aliphatic heterocycles. The van der Waals surface area contributed by atoms with Gasteiger partial charge in [0.1, 0.15) is 0 Å². The van der Waals surface area contributed by atoms with Crippen molar-refractivity contribution in [3.05, 3.63) is 35.4 Å². The summed E-state index contributed by atoms with van der Waals surface area (Å²) < 4.78 is 14.9. The molecule has 1 aliphatic carbocycles. The first-order valence-corrected chi connectivity index (χ1v) is 6.99. The maximum atomic E-state index is 14.9. The number of nitrogens with zero attached hydrogens (tertiary/aromatic N) is 1. The minimum atomic E-state index is -1.99. The molecule has 0 spiro atoms. The van der Waals surface area contributed by atoms with Crippen LogP contribution in [0.5, 0.6) is 0 Å². The second kappa shape index (κ2) is 5.17. The molecule has 110 valence electrons. The Labute approximate surface area is 120 Å². The standard InChI is InChI=1S/C16H23FN2O/c1-12-6-5-7-13(10-12)15(2,17)14(20)18-16(8-9-16)11-19(3)4/h5-7,10H,8-9,11H2,1-4H3,(H,18,20). The number of carbonyl (C=O) groups excluding carboxylic acids is 1. The van der Waals surface area contributed by atoms with Crippen molar-refractivity contribution < 1.29 is 9.18 Å². The molecule has 1 amide bonds. The molecule has 1 N–H and O–H groups in total. The van der Waals surface area contributed by atoms with Crippen LogP contribution in [-0.2, 0) is 10.5 Å². The van der Waals surface area contributed by atoms with Crippen LogP contribution in [0.15, 0.2) is 24.3 Å². The lowest BCUT2D eigenvalue weighted by atomic mass is 9.95. The lowest BCUT2D eigenvalue weighted by Crippen LogP contribution is -2.49. The SMILES string of the molecule is Cc1cccc(C(C)(F)C(=O)NC2(CN(C)C)CC2)c1. The van der Waals surface area contributed by atoms with Crippen molar-refractivity contribution in [2.24, 2.45) is 0 Å². The van der Waals surface area contributed by atoms with Crippen LogP contribution in [-0.4, -0.2) is 37.0 Å². The summed E-state index contributed by atoms with van der Waals surface area (Å²) in [6.07, 6.45) is 1.83. The Bertz CT molecular complexity index is 507. The second-order valence-electron chi connectivity index (χ2n) is 6.34. The third-order valence-electron chi connectivity index (χ3n) is 3.84. The van der Waals surface area contributed by atoms with Crippen molar-refractivity contribution in [2.75, 3.05) is 20.6 Å². The van der Waals surface area contributed by atoms with Crippen molar-refractivity contribution >= 4 is 5.91 Å². The molecule has 1 aliphatic rings. The van der Waals surface area contributed by atoms with Crippen molar-refractivity contribution in [3.63, 3.8) is 0 Å². The van der Waals surface area contributed by atoms with Gasteiger partial charge in [-0.1, -0.05) is 29.8 Å². The number of benzene rings is 1. The Balaban J connectivity index is 2.12. The molecule has 1 aromatic rings. The molecular formula is C16H23FN2O. The van der Waals surface area contributed by atoms with Crippen LogP contribution in [0.3, 0.4) is 0 Å². The minimum Gasteiger partial charge on any atom is -0.346 e. The number of alkyl halides is 1. The maximum absolute atomic E-state index is 14.9. The van der Waals surface area contributed by atoms with Gasteiger partial charge < -0.3 is 10.2 Å². The van der Waals surface area contributed by atoms with Crippen LogP contribution >= 0.6 is 0 Å². The molecule has 1 unspecified atom stereocenters. The van der Waals surface area contributed by atoms with Crippen LogP contribution in [0.4, 0.5) is 4.39 Å². The van der Waals surface area contributed by atoms with Gasteiger partial charge >= 0.3 is 0 Å². The molecule has 0 bridgehead atoms. The van der Waals surface area contributed by atoms with Crippen LogP contribution in [0.1, 0.15) is 30.9 Å². The highest BCUT2D eigenvalue weighted by atomic mass is 19.1. The van der Waals surface area contributed by atoms with E-state index in [0.717, 1.165) is 24.9 Å². The first kappa shape index (κ1) is 15.0. The number of halogens is 1. The largest absolute Gasteiger partial charge is 0.346 e. The van der Waals surface area contributed by atoms with E-state index < -0.39 is 11.6 Å². The average molecular weight is 278 g/mol. The molecular weight excluding hydrogens is 255 g/mol. The summed E-state index contributed by atoms with van der Waals surface area (Å²) in [6, 6.07) is 7.07. The lowest BCUT2D eigenvalue weighted by Gasteiger charge is -2.27. The first-order chi connectivity index (χ1) is 9.25. The molecule has 20 heavy (non-hydrogen) atoms. The topological polar surface area (TPSA) is 32.3 Å². The molecule has 0 heterocycles. The molecule has 1 fully saturated rings. The van der Waals surface area contributed by atoms with Crippen molar-refractivity contribution in [1.29, 1.82) is 0 Å². The Kier molecular flexibility index (Phi) is 3.87. The maximum Gasteiger partial charge on any atom is 0.262 e. The van der Waals surface area contributed by atoms with Gasteiger partial charge in [0.15, 0.2) is 0 Å². The van der Waals surface area contributed by atoms with Gasteiger partial charge in [0.25, 0.3) is 5.91 Å². The van der Waals surface area contributed by atoms with Gasteiger partial charge in [-0.05, 0) is 46.3 Å². The second-order valence-corrected chi connectivity index (χ2v) is 6.34. The van der Waals surface area contributed by atoms with Gasteiger partial charge in [-0.3, -0.25) is 4.79 Å². The van der Waals surface area contributed by atoms with E-state index in [9.17, 15) is 9.18 Å². The fraction of sp³-hybridized carbons (Fsp3) is 0.562. The molecule has 4 heteroatoms. The summed E-state index contributed by atoms with van der Waals surface area (Å²) in [6.45, 7) is 3.98. The summed E-state index contributed by atoms with van der Waals surface area (Å²) in [5.41, 5.74) is -0.865. The highest BCUT2D eigenvalue weighted by Crippen LogP contribution is 2.37. The molecule has 1 atom stereocenters. The predicted octanol–water partition coefficient (Wildman–Crippen LogP) is 2.39. The van der Waals surface area contributed by atoms with E-state index in [-0.39, 0.29) is 5.54 Å². The number of carbonyl (C=O) groups is 1. The number of hydrogen-bond acceptors (Lipinski definition) is 2. The fourth-order valence-electron chi connectivity index (χ4n) is 2.51. The molecule has 2 rings (SSSR count). The van der Waals surface area contributed by atoms with Crippen molar-refractivity contribution in [1.82, 2.24) is 10.2 Å². The van der Waals surface area contributed by atoms with Crippen LogP contribution in [0.25, 0.3) is 0 Å². The third kappa shape index (κ3) is 3.18. The van der Waals surface area contributed by atoms with Gasteiger partial charge in [0.2, 0.25) is 5.67 Å². The Morgan fingerprint density at radius 3 is 2.60 bits per heavy atom. The van der Waals surface area contributed by atoms with E-state index in [1.165, 1.54) is 6.92 Å². The van der Waals surface area contributed by atoms with E-state index >= 15 is 0 Å². The molecule has 1 aromatic carbocycles. The Morgan fingerprint density at radius 2 is 2.10 bits per heavy atom. The highest BCUT2D eigenvalue weighted by molar-refractivity contribution is 5.87. The number of rotatable bonds is 5. The van der Waals surface area contributed by atoms with E-state index in [0.29, 0.717) is 5.56 Å². The Morgan fingerprint density at radius 1 is 1.45 bits per heavy atom. The quantitative estimate of drug-likeness (QED) is 0.897. The molecule has 3 nitrogen and oxygen atoms in total. The number of nitrogens with one attached hydrogen (secondary N) is 1. The highest BCUT2D eigenvalue weighted by Gasteiger charge is 2.48. The van der Waals surface area contributed by atoms with Crippen molar-refractivity contribution in [3.8, 4) is 0 Å². The van der Waals surface area contributed by atoms with Crippen LogP contribution in [0.2, 0.25) is 0 Å². The number of amides is 1. The summed E-state index contributed by atoms with van der Waals surface area (Å²) in [5.74, 6) is -0.539. The summed E-state index contributed by atoms with van der Waals surface area (Å²) >= 11 is 0. The van der Waals surface area contributed by atoms with Crippen molar-refractivity contribution in [2.45, 2.75) is 37.9 Å². The zero-order valence-corrected chi connectivity index (χ0v) is 12.7. The summed E-state index contributed by atoms with van der Waals surface area (Å²) in [7, 11) is 3.92. The number of hydrogen-bond donors (Lipinski definition) is 1. The average Bonchev–Trinajstić information content (AvgIpc) is 3.07. The molecule has 0 aromatic heterocycles. The van der Waals surface area contributed by atoms with E-state index in [2.05, 4.69) is 5.32 Å². The Hall–Kier alpha value is -1.42. The van der Waals surface area contributed by atoms with E-state index in [4.69, 9.17) is 0 Å². The normalized spacial score (nSPS) is 19.5. The van der Waals surface area contributed by atoms with E-state index in [1.807, 2.05) is 32.0 Å². The van der Waals surface area contributed by atoms with Gasteiger partial charge in [-0.15, -0.1) is 0 Å². The van der Waals surface area contributed by atoms with Gasteiger partial charge in [-0.25, -0.2) is 4.39 Å². The zero-order valence-electron chi connectivity index (χ0n) is 12.7.